The van der Waals surface area contributed by atoms with Gasteiger partial charge in [-0.15, -0.1) is 0 Å². The first-order chi connectivity index (χ1) is 12.8. The maximum absolute atomic E-state index is 12.2. The molecule has 7 heteroatoms. The van der Waals surface area contributed by atoms with Gasteiger partial charge in [-0.05, 0) is 50.6 Å². The highest BCUT2D eigenvalue weighted by Gasteiger charge is 2.27. The number of carbonyl (C=O) groups excluding carboxylic acids is 1. The molecule has 1 aliphatic rings. The third-order valence-corrected chi connectivity index (χ3v) is 3.89. The summed E-state index contributed by atoms with van der Waals surface area (Å²) in [7, 11) is 0. The lowest BCUT2D eigenvalue weighted by atomic mass is 10.1. The lowest BCUT2D eigenvalue weighted by Gasteiger charge is -2.09. The van der Waals surface area contributed by atoms with Crippen molar-refractivity contribution in [1.29, 1.82) is 0 Å². The number of aliphatic imine (C=N–C) groups is 1. The molecule has 0 aliphatic carbocycles. The second-order valence-corrected chi connectivity index (χ2v) is 6.28. The molecule has 1 heterocycles. The SMILES string of the molecule is Cc1c(C2=N/C(=C\c3cccc(OC(C)C)c3)C(=O)O2)cccc1[N+](=O)[O-]. The summed E-state index contributed by atoms with van der Waals surface area (Å²) in [5.74, 6) is 0.137. The highest BCUT2D eigenvalue weighted by molar-refractivity contribution is 6.13. The molecule has 0 N–H and O–H groups in total. The molecule has 2 aromatic carbocycles. The van der Waals surface area contributed by atoms with Crippen LogP contribution in [0.25, 0.3) is 6.08 Å². The Labute approximate surface area is 156 Å². The van der Waals surface area contributed by atoms with Crippen molar-refractivity contribution in [2.24, 2.45) is 4.99 Å². The summed E-state index contributed by atoms with van der Waals surface area (Å²) in [4.78, 5) is 27.0. The highest BCUT2D eigenvalue weighted by atomic mass is 16.6. The fourth-order valence-corrected chi connectivity index (χ4v) is 2.68. The highest BCUT2D eigenvalue weighted by Crippen LogP contribution is 2.26. The van der Waals surface area contributed by atoms with Crippen LogP contribution in [0.2, 0.25) is 0 Å². The first-order valence-electron chi connectivity index (χ1n) is 8.39. The van der Waals surface area contributed by atoms with Crippen LogP contribution < -0.4 is 4.74 Å². The predicted octanol–water partition coefficient (Wildman–Crippen LogP) is 4.03. The van der Waals surface area contributed by atoms with E-state index in [1.54, 1.807) is 25.1 Å². The van der Waals surface area contributed by atoms with Crippen LogP contribution in [0.4, 0.5) is 5.69 Å². The van der Waals surface area contributed by atoms with Gasteiger partial charge in [-0.1, -0.05) is 18.2 Å². The van der Waals surface area contributed by atoms with Crippen LogP contribution in [0.15, 0.2) is 53.2 Å². The molecule has 1 aliphatic heterocycles. The zero-order valence-electron chi connectivity index (χ0n) is 15.1. The van der Waals surface area contributed by atoms with Crippen LogP contribution in [-0.4, -0.2) is 22.9 Å². The third-order valence-electron chi connectivity index (χ3n) is 3.89. The molecule has 138 valence electrons. The number of benzene rings is 2. The first kappa shape index (κ1) is 18.3. The predicted molar refractivity (Wildman–Crippen MR) is 101 cm³/mol. The van der Waals surface area contributed by atoms with E-state index < -0.39 is 10.9 Å². The fourth-order valence-electron chi connectivity index (χ4n) is 2.68. The van der Waals surface area contributed by atoms with Gasteiger partial charge in [0.05, 0.1) is 11.0 Å². The van der Waals surface area contributed by atoms with Crippen molar-refractivity contribution < 1.29 is 19.2 Å². The first-order valence-corrected chi connectivity index (χ1v) is 8.39. The second kappa shape index (κ2) is 7.41. The van der Waals surface area contributed by atoms with Gasteiger partial charge in [-0.2, -0.15) is 0 Å². The maximum atomic E-state index is 12.2. The lowest BCUT2D eigenvalue weighted by Crippen LogP contribution is -2.08. The van der Waals surface area contributed by atoms with E-state index in [2.05, 4.69) is 4.99 Å². The van der Waals surface area contributed by atoms with Gasteiger partial charge in [-0.3, -0.25) is 10.1 Å². The van der Waals surface area contributed by atoms with E-state index in [4.69, 9.17) is 9.47 Å². The molecule has 27 heavy (non-hydrogen) atoms. The minimum atomic E-state index is -0.605. The van der Waals surface area contributed by atoms with Crippen molar-refractivity contribution >= 4 is 23.6 Å². The molecule has 3 rings (SSSR count). The Hall–Kier alpha value is -3.48. The van der Waals surface area contributed by atoms with Gasteiger partial charge in [0.15, 0.2) is 5.70 Å². The zero-order chi connectivity index (χ0) is 19.6. The number of ether oxygens (including phenoxy) is 2. The summed E-state index contributed by atoms with van der Waals surface area (Å²) in [5.41, 5.74) is 1.61. The van der Waals surface area contributed by atoms with Crippen LogP contribution >= 0.6 is 0 Å². The molecule has 0 amide bonds. The van der Waals surface area contributed by atoms with Gasteiger partial charge in [-0.25, -0.2) is 9.79 Å². The standard InChI is InChI=1S/C20H18N2O5/c1-12(2)26-15-7-4-6-14(10-15)11-17-20(23)27-19(21-17)16-8-5-9-18(13(16)3)22(24)25/h4-12H,1-3H3/b17-11-. The number of carbonyl (C=O) groups is 1. The van der Waals surface area contributed by atoms with E-state index >= 15 is 0 Å². The molecular formula is C20H18N2O5. The van der Waals surface area contributed by atoms with E-state index in [1.807, 2.05) is 32.0 Å². The van der Waals surface area contributed by atoms with Crippen molar-refractivity contribution in [2.75, 3.05) is 0 Å². The molecule has 7 nitrogen and oxygen atoms in total. The summed E-state index contributed by atoms with van der Waals surface area (Å²) >= 11 is 0. The van der Waals surface area contributed by atoms with E-state index in [9.17, 15) is 14.9 Å². The topological polar surface area (TPSA) is 91.0 Å². The normalized spacial score (nSPS) is 15.0. The van der Waals surface area contributed by atoms with E-state index in [-0.39, 0.29) is 23.4 Å². The Bertz CT molecular complexity index is 976. The van der Waals surface area contributed by atoms with Gasteiger partial charge in [0, 0.05) is 17.2 Å². The van der Waals surface area contributed by atoms with Crippen LogP contribution in [-0.2, 0) is 9.53 Å². The van der Waals surface area contributed by atoms with Crippen molar-refractivity contribution in [3.63, 3.8) is 0 Å². The summed E-state index contributed by atoms with van der Waals surface area (Å²) in [5, 5.41) is 11.1. The number of hydrogen-bond acceptors (Lipinski definition) is 6. The lowest BCUT2D eigenvalue weighted by molar-refractivity contribution is -0.385. The summed E-state index contributed by atoms with van der Waals surface area (Å²) in [6.45, 7) is 5.45. The summed E-state index contributed by atoms with van der Waals surface area (Å²) in [6.07, 6.45) is 1.63. The molecule has 0 aromatic heterocycles. The summed E-state index contributed by atoms with van der Waals surface area (Å²) in [6, 6.07) is 11.8. The molecule has 0 spiro atoms. The molecule has 0 saturated carbocycles. The van der Waals surface area contributed by atoms with Crippen LogP contribution in [0.1, 0.15) is 30.5 Å². The molecule has 2 aromatic rings. The van der Waals surface area contributed by atoms with Gasteiger partial charge in [0.2, 0.25) is 5.90 Å². The van der Waals surface area contributed by atoms with Crippen molar-refractivity contribution in [3.8, 4) is 5.75 Å². The molecule has 0 bridgehead atoms. The maximum Gasteiger partial charge on any atom is 0.363 e. The number of nitro benzene ring substituents is 1. The van der Waals surface area contributed by atoms with Crippen molar-refractivity contribution in [2.45, 2.75) is 26.9 Å². The van der Waals surface area contributed by atoms with Gasteiger partial charge < -0.3 is 9.47 Å². The fraction of sp³-hybridized carbons (Fsp3) is 0.200. The second-order valence-electron chi connectivity index (χ2n) is 6.28. The average Bonchev–Trinajstić information content (AvgIpc) is 2.95. The third kappa shape index (κ3) is 4.03. The van der Waals surface area contributed by atoms with E-state index in [1.165, 1.54) is 12.1 Å². The number of rotatable bonds is 5. The smallest absolute Gasteiger partial charge is 0.363 e. The zero-order valence-corrected chi connectivity index (χ0v) is 15.1. The average molecular weight is 366 g/mol. The quantitative estimate of drug-likeness (QED) is 0.345. The van der Waals surface area contributed by atoms with E-state index in [0.29, 0.717) is 16.9 Å². The Morgan fingerprint density at radius 1 is 1.22 bits per heavy atom. The van der Waals surface area contributed by atoms with Gasteiger partial charge >= 0.3 is 5.97 Å². The molecule has 0 saturated heterocycles. The van der Waals surface area contributed by atoms with Crippen LogP contribution in [0, 0.1) is 17.0 Å². The summed E-state index contributed by atoms with van der Waals surface area (Å²) < 4.78 is 10.9. The van der Waals surface area contributed by atoms with Crippen LogP contribution in [0.5, 0.6) is 5.75 Å². The van der Waals surface area contributed by atoms with Crippen molar-refractivity contribution in [3.05, 3.63) is 75.0 Å². The van der Waals surface area contributed by atoms with E-state index in [0.717, 1.165) is 5.56 Å². The number of esters is 1. The molecule has 0 fully saturated rings. The van der Waals surface area contributed by atoms with Crippen molar-refractivity contribution in [1.82, 2.24) is 0 Å². The van der Waals surface area contributed by atoms with Gasteiger partial charge in [0.25, 0.3) is 5.69 Å². The molecular weight excluding hydrogens is 348 g/mol. The number of nitro groups is 1. The Kier molecular flexibility index (Phi) is 5.03. The Balaban J connectivity index is 1.94. The molecule has 0 radical (unpaired) electrons. The van der Waals surface area contributed by atoms with Crippen LogP contribution in [0.3, 0.4) is 0 Å². The molecule has 0 unspecified atom stereocenters. The Morgan fingerprint density at radius 3 is 2.67 bits per heavy atom. The molecule has 0 atom stereocenters. The number of hydrogen-bond donors (Lipinski definition) is 0. The number of cyclic esters (lactones) is 1. The number of nitrogens with zero attached hydrogens (tertiary/aromatic N) is 2. The Morgan fingerprint density at radius 2 is 1.96 bits per heavy atom. The minimum absolute atomic E-state index is 0.0332. The minimum Gasteiger partial charge on any atom is -0.491 e. The largest absolute Gasteiger partial charge is 0.491 e. The van der Waals surface area contributed by atoms with Gasteiger partial charge in [0.1, 0.15) is 5.75 Å². The monoisotopic (exact) mass is 366 g/mol.